The van der Waals surface area contributed by atoms with E-state index < -0.39 is 14.4 Å². The fourth-order valence-electron chi connectivity index (χ4n) is 3.71. The molecular formula is C24H32O2Si. The molecule has 0 fully saturated rings. The van der Waals surface area contributed by atoms with E-state index in [2.05, 4.69) is 75.2 Å². The number of rotatable bonds is 7. The molecule has 0 bridgehead atoms. The van der Waals surface area contributed by atoms with E-state index in [1.807, 2.05) is 26.0 Å². The highest BCUT2D eigenvalue weighted by Crippen LogP contribution is 2.37. The van der Waals surface area contributed by atoms with E-state index in [9.17, 15) is 5.11 Å². The summed E-state index contributed by atoms with van der Waals surface area (Å²) in [7, 11) is -2.57. The number of aliphatic hydroxyl groups is 1. The largest absolute Gasteiger partial charge is 0.407 e. The van der Waals surface area contributed by atoms with Crippen LogP contribution in [0.5, 0.6) is 0 Å². The second kappa shape index (κ2) is 8.88. The van der Waals surface area contributed by atoms with Gasteiger partial charge in [0.05, 0.1) is 6.10 Å². The fraction of sp³-hybridized carbons (Fsp3) is 0.417. The SMILES string of the molecule is C#C[C@@H](C)[C@@H](O)[C@H](C)CO[Si](c1ccccc1)(c1ccccc1)C(C)(C)C. The second-order valence-corrected chi connectivity index (χ2v) is 12.7. The lowest BCUT2D eigenvalue weighted by molar-refractivity contribution is 0.0577. The summed E-state index contributed by atoms with van der Waals surface area (Å²) >= 11 is 0. The van der Waals surface area contributed by atoms with Crippen LogP contribution in [0.3, 0.4) is 0 Å². The molecule has 0 heterocycles. The Bertz CT molecular complexity index is 704. The minimum atomic E-state index is -2.57. The van der Waals surface area contributed by atoms with Gasteiger partial charge in [-0.05, 0) is 22.3 Å². The second-order valence-electron chi connectivity index (χ2n) is 8.40. The van der Waals surface area contributed by atoms with Gasteiger partial charge in [0, 0.05) is 18.4 Å². The molecule has 0 saturated carbocycles. The molecule has 3 heteroatoms. The molecule has 0 saturated heterocycles. The van der Waals surface area contributed by atoms with Gasteiger partial charge in [-0.25, -0.2) is 0 Å². The first-order valence-electron chi connectivity index (χ1n) is 9.63. The first-order chi connectivity index (χ1) is 12.7. The van der Waals surface area contributed by atoms with Crippen molar-refractivity contribution >= 4 is 18.7 Å². The van der Waals surface area contributed by atoms with Crippen LogP contribution in [0.2, 0.25) is 5.04 Å². The Morgan fingerprint density at radius 2 is 1.41 bits per heavy atom. The van der Waals surface area contributed by atoms with Crippen LogP contribution in [0.25, 0.3) is 0 Å². The zero-order valence-corrected chi connectivity index (χ0v) is 18.1. The van der Waals surface area contributed by atoms with Crippen LogP contribution in [-0.4, -0.2) is 26.1 Å². The molecule has 2 aromatic rings. The van der Waals surface area contributed by atoms with E-state index in [1.165, 1.54) is 10.4 Å². The van der Waals surface area contributed by atoms with Gasteiger partial charge in [0.1, 0.15) is 0 Å². The van der Waals surface area contributed by atoms with Crippen LogP contribution in [0.15, 0.2) is 60.7 Å². The highest BCUT2D eigenvalue weighted by molar-refractivity contribution is 6.99. The van der Waals surface area contributed by atoms with Crippen molar-refractivity contribution in [1.29, 1.82) is 0 Å². The fourth-order valence-corrected chi connectivity index (χ4v) is 8.38. The third-order valence-electron chi connectivity index (χ3n) is 5.34. The minimum absolute atomic E-state index is 0.0438. The van der Waals surface area contributed by atoms with Crippen LogP contribution >= 0.6 is 0 Å². The van der Waals surface area contributed by atoms with Crippen LogP contribution in [-0.2, 0) is 4.43 Å². The molecule has 2 rings (SSSR count). The molecule has 0 spiro atoms. The molecule has 0 aromatic heterocycles. The molecular weight excluding hydrogens is 348 g/mol. The van der Waals surface area contributed by atoms with Gasteiger partial charge in [-0.3, -0.25) is 0 Å². The lowest BCUT2D eigenvalue weighted by atomic mass is 9.95. The lowest BCUT2D eigenvalue weighted by Gasteiger charge is -2.44. The molecule has 2 nitrogen and oxygen atoms in total. The molecule has 2 aromatic carbocycles. The number of aliphatic hydroxyl groups excluding tert-OH is 1. The Kier molecular flexibility index (Phi) is 7.05. The highest BCUT2D eigenvalue weighted by atomic mass is 28.4. The molecule has 0 aliphatic heterocycles. The van der Waals surface area contributed by atoms with Crippen LogP contribution in [0.4, 0.5) is 0 Å². The predicted molar refractivity (Wildman–Crippen MR) is 117 cm³/mol. The van der Waals surface area contributed by atoms with E-state index in [4.69, 9.17) is 10.8 Å². The van der Waals surface area contributed by atoms with Crippen molar-refractivity contribution in [2.75, 3.05) is 6.61 Å². The topological polar surface area (TPSA) is 29.5 Å². The van der Waals surface area contributed by atoms with Gasteiger partial charge in [0.25, 0.3) is 8.32 Å². The van der Waals surface area contributed by atoms with Crippen molar-refractivity contribution in [2.24, 2.45) is 11.8 Å². The van der Waals surface area contributed by atoms with Crippen LogP contribution in [0.1, 0.15) is 34.6 Å². The summed E-state index contributed by atoms with van der Waals surface area (Å²) in [5.74, 6) is 2.41. The van der Waals surface area contributed by atoms with E-state index in [0.29, 0.717) is 6.61 Å². The van der Waals surface area contributed by atoms with Crippen molar-refractivity contribution in [2.45, 2.75) is 45.8 Å². The molecule has 1 N–H and O–H groups in total. The van der Waals surface area contributed by atoms with Gasteiger partial charge in [-0.15, -0.1) is 12.3 Å². The van der Waals surface area contributed by atoms with Gasteiger partial charge < -0.3 is 9.53 Å². The summed E-state index contributed by atoms with van der Waals surface area (Å²) in [6.45, 7) is 11.1. The van der Waals surface area contributed by atoms with Crippen molar-refractivity contribution in [3.05, 3.63) is 60.7 Å². The molecule has 0 aliphatic rings. The first-order valence-corrected chi connectivity index (χ1v) is 11.5. The summed E-state index contributed by atoms with van der Waals surface area (Å²) in [4.78, 5) is 0. The summed E-state index contributed by atoms with van der Waals surface area (Å²) in [6, 6.07) is 21.1. The van der Waals surface area contributed by atoms with E-state index in [1.54, 1.807) is 0 Å². The van der Waals surface area contributed by atoms with E-state index in [-0.39, 0.29) is 16.9 Å². The third kappa shape index (κ3) is 4.52. The summed E-state index contributed by atoms with van der Waals surface area (Å²) < 4.78 is 6.85. The van der Waals surface area contributed by atoms with Crippen LogP contribution in [0, 0.1) is 24.2 Å². The number of benzene rings is 2. The maximum atomic E-state index is 10.5. The molecule has 144 valence electrons. The summed E-state index contributed by atoms with van der Waals surface area (Å²) in [6.07, 6.45) is 4.93. The normalized spacial score (nSPS) is 15.6. The van der Waals surface area contributed by atoms with Gasteiger partial charge in [-0.2, -0.15) is 0 Å². The van der Waals surface area contributed by atoms with Gasteiger partial charge >= 0.3 is 0 Å². The van der Waals surface area contributed by atoms with Gasteiger partial charge in [0.15, 0.2) is 0 Å². The zero-order valence-electron chi connectivity index (χ0n) is 17.1. The Balaban J connectivity index is 2.49. The quantitative estimate of drug-likeness (QED) is 0.584. The molecule has 27 heavy (non-hydrogen) atoms. The average molecular weight is 381 g/mol. The number of hydrogen-bond acceptors (Lipinski definition) is 2. The minimum Gasteiger partial charge on any atom is -0.407 e. The lowest BCUT2D eigenvalue weighted by Crippen LogP contribution is -2.67. The molecule has 0 radical (unpaired) electrons. The zero-order chi connectivity index (χ0) is 20.1. The number of hydrogen-bond donors (Lipinski definition) is 1. The summed E-state index contributed by atoms with van der Waals surface area (Å²) in [5, 5.41) is 12.9. The summed E-state index contributed by atoms with van der Waals surface area (Å²) in [5.41, 5.74) is 0. The standard InChI is InChI=1S/C24H32O2Si/c1-7-19(2)23(25)20(3)18-26-27(24(4,5)6,21-14-10-8-11-15-21)22-16-12-9-13-17-22/h1,8-17,19-20,23,25H,18H2,2-6H3/t19-,20-,23-/m1/s1. The Morgan fingerprint density at radius 3 is 1.78 bits per heavy atom. The predicted octanol–water partition coefficient (Wildman–Crippen LogP) is 3.83. The van der Waals surface area contributed by atoms with Gasteiger partial charge in [0.2, 0.25) is 0 Å². The maximum Gasteiger partial charge on any atom is 0.261 e. The molecule has 0 aliphatic carbocycles. The monoisotopic (exact) mass is 380 g/mol. The Morgan fingerprint density at radius 1 is 0.963 bits per heavy atom. The number of terminal acetylenes is 1. The highest BCUT2D eigenvalue weighted by Gasteiger charge is 2.50. The Hall–Kier alpha value is -1.86. The van der Waals surface area contributed by atoms with Crippen molar-refractivity contribution < 1.29 is 9.53 Å². The molecule has 0 unspecified atom stereocenters. The Labute approximate surface area is 165 Å². The maximum absolute atomic E-state index is 10.5. The van der Waals surface area contributed by atoms with Crippen molar-refractivity contribution in [3.8, 4) is 12.3 Å². The van der Waals surface area contributed by atoms with Crippen LogP contribution < -0.4 is 10.4 Å². The molecule has 3 atom stereocenters. The molecule has 0 amide bonds. The average Bonchev–Trinajstić information content (AvgIpc) is 2.67. The third-order valence-corrected chi connectivity index (χ3v) is 10.3. The first kappa shape index (κ1) is 21.4. The smallest absolute Gasteiger partial charge is 0.261 e. The van der Waals surface area contributed by atoms with Gasteiger partial charge in [-0.1, -0.05) is 88.4 Å². The van der Waals surface area contributed by atoms with Crippen molar-refractivity contribution in [3.63, 3.8) is 0 Å². The van der Waals surface area contributed by atoms with E-state index in [0.717, 1.165) is 0 Å². The van der Waals surface area contributed by atoms with E-state index >= 15 is 0 Å². The van der Waals surface area contributed by atoms with Crippen molar-refractivity contribution in [1.82, 2.24) is 0 Å².